The second-order valence-electron chi connectivity index (χ2n) is 5.19. The maximum absolute atomic E-state index is 12.1. The molecule has 122 valence electrons. The van der Waals surface area contributed by atoms with Crippen LogP contribution in [0.15, 0.2) is 53.4 Å². The van der Waals surface area contributed by atoms with E-state index in [1.165, 1.54) is 16.7 Å². The predicted octanol–water partition coefficient (Wildman–Crippen LogP) is 4.75. The molecule has 1 amide bonds. The van der Waals surface area contributed by atoms with Crippen molar-refractivity contribution in [3.8, 4) is 5.75 Å². The molecule has 0 bridgehead atoms. The third-order valence-electron chi connectivity index (χ3n) is 3.50. The quantitative estimate of drug-likeness (QED) is 0.569. The number of hydrogen-bond donors (Lipinski definition) is 0. The molecule has 1 fully saturated rings. The molecule has 2 aromatic rings. The summed E-state index contributed by atoms with van der Waals surface area (Å²) in [6, 6.07) is 15.1. The molecule has 1 aliphatic rings. The van der Waals surface area contributed by atoms with Gasteiger partial charge >= 0.3 is 0 Å². The van der Waals surface area contributed by atoms with Crippen molar-refractivity contribution in [3.05, 3.63) is 69.6 Å². The van der Waals surface area contributed by atoms with Crippen LogP contribution in [0.5, 0.6) is 5.75 Å². The van der Waals surface area contributed by atoms with Crippen LogP contribution >= 0.6 is 35.6 Å². The zero-order chi connectivity index (χ0) is 17.1. The Morgan fingerprint density at radius 1 is 1.21 bits per heavy atom. The van der Waals surface area contributed by atoms with Gasteiger partial charge in [-0.3, -0.25) is 9.69 Å². The maximum Gasteiger partial charge on any atom is 0.265 e. The van der Waals surface area contributed by atoms with E-state index in [9.17, 15) is 4.79 Å². The van der Waals surface area contributed by atoms with Gasteiger partial charge in [-0.25, -0.2) is 0 Å². The van der Waals surface area contributed by atoms with Crippen molar-refractivity contribution < 1.29 is 9.53 Å². The number of thiocarbonyl (C=S) groups is 1. The largest absolute Gasteiger partial charge is 0.488 e. The molecule has 0 aromatic heterocycles. The summed E-state index contributed by atoms with van der Waals surface area (Å²) < 4.78 is 6.47. The van der Waals surface area contributed by atoms with E-state index < -0.39 is 0 Å². The summed E-state index contributed by atoms with van der Waals surface area (Å²) in [5.74, 6) is 0.631. The summed E-state index contributed by atoms with van der Waals surface area (Å²) in [5, 5.41) is 0.695. The van der Waals surface area contributed by atoms with Gasteiger partial charge in [-0.15, -0.1) is 0 Å². The van der Waals surface area contributed by atoms with E-state index in [0.717, 1.165) is 11.1 Å². The van der Waals surface area contributed by atoms with Crippen LogP contribution in [-0.4, -0.2) is 22.2 Å². The Balaban J connectivity index is 1.79. The lowest BCUT2D eigenvalue weighted by molar-refractivity contribution is -0.121. The second kappa shape index (κ2) is 7.38. The average Bonchev–Trinajstić information content (AvgIpc) is 2.82. The standard InChI is InChI=1S/C18H14ClNO2S2/c1-20-17(21)16(24-18(20)23)10-13-4-2-3-5-15(13)22-11-12-6-8-14(19)9-7-12/h2-10H,11H2,1H3. The molecule has 0 spiro atoms. The number of nitrogens with zero attached hydrogens (tertiary/aromatic N) is 1. The molecule has 0 unspecified atom stereocenters. The Morgan fingerprint density at radius 2 is 1.92 bits per heavy atom. The first-order chi connectivity index (χ1) is 11.5. The number of amides is 1. The molecule has 2 aromatic carbocycles. The lowest BCUT2D eigenvalue weighted by Gasteiger charge is -2.10. The van der Waals surface area contributed by atoms with Crippen molar-refractivity contribution in [1.82, 2.24) is 4.90 Å². The van der Waals surface area contributed by atoms with Crippen LogP contribution in [-0.2, 0) is 11.4 Å². The first-order valence-corrected chi connectivity index (χ1v) is 8.83. The van der Waals surface area contributed by atoms with Gasteiger partial charge in [0.1, 0.15) is 16.7 Å². The number of rotatable bonds is 4. The van der Waals surface area contributed by atoms with Crippen molar-refractivity contribution in [2.24, 2.45) is 0 Å². The molecule has 0 saturated carbocycles. The molecule has 1 aliphatic heterocycles. The van der Waals surface area contributed by atoms with Crippen LogP contribution in [0.4, 0.5) is 0 Å². The maximum atomic E-state index is 12.1. The molecular formula is C18H14ClNO2S2. The van der Waals surface area contributed by atoms with Crippen LogP contribution in [0, 0.1) is 0 Å². The highest BCUT2D eigenvalue weighted by atomic mass is 35.5. The number of carbonyl (C=O) groups is 1. The topological polar surface area (TPSA) is 29.5 Å². The average molecular weight is 376 g/mol. The van der Waals surface area contributed by atoms with E-state index in [4.69, 9.17) is 28.6 Å². The van der Waals surface area contributed by atoms with E-state index in [2.05, 4.69) is 0 Å². The van der Waals surface area contributed by atoms with E-state index in [1.54, 1.807) is 7.05 Å². The molecule has 6 heteroatoms. The normalized spacial score (nSPS) is 16.1. The summed E-state index contributed by atoms with van der Waals surface area (Å²) in [5.41, 5.74) is 1.87. The number of halogens is 1. The van der Waals surface area contributed by atoms with Gasteiger partial charge in [-0.2, -0.15) is 0 Å². The van der Waals surface area contributed by atoms with Crippen molar-refractivity contribution >= 4 is 51.9 Å². The van der Waals surface area contributed by atoms with Crippen LogP contribution in [0.25, 0.3) is 6.08 Å². The first-order valence-electron chi connectivity index (χ1n) is 7.22. The van der Waals surface area contributed by atoms with Gasteiger partial charge in [-0.05, 0) is 29.8 Å². The molecule has 0 radical (unpaired) electrons. The minimum Gasteiger partial charge on any atom is -0.488 e. The van der Waals surface area contributed by atoms with Gasteiger partial charge < -0.3 is 4.74 Å². The van der Waals surface area contributed by atoms with E-state index >= 15 is 0 Å². The predicted molar refractivity (Wildman–Crippen MR) is 103 cm³/mol. The van der Waals surface area contributed by atoms with Crippen molar-refractivity contribution in [1.29, 1.82) is 0 Å². The summed E-state index contributed by atoms with van der Waals surface area (Å²) >= 11 is 12.3. The number of likely N-dealkylation sites (N-methyl/N-ethyl adjacent to an activating group) is 1. The molecular weight excluding hydrogens is 362 g/mol. The Morgan fingerprint density at radius 3 is 2.58 bits per heavy atom. The Hall–Kier alpha value is -1.82. The second-order valence-corrected chi connectivity index (χ2v) is 7.31. The van der Waals surface area contributed by atoms with E-state index in [0.29, 0.717) is 26.6 Å². The summed E-state index contributed by atoms with van der Waals surface area (Å²) in [6.07, 6.45) is 1.82. The molecule has 1 saturated heterocycles. The third kappa shape index (κ3) is 3.80. The van der Waals surface area contributed by atoms with Crippen molar-refractivity contribution in [3.63, 3.8) is 0 Å². The van der Waals surface area contributed by atoms with Crippen LogP contribution in [0.3, 0.4) is 0 Å². The first kappa shape index (κ1) is 17.0. The Bertz CT molecular complexity index is 818. The van der Waals surface area contributed by atoms with Crippen LogP contribution in [0.1, 0.15) is 11.1 Å². The SMILES string of the molecule is CN1C(=O)C(=Cc2ccccc2OCc2ccc(Cl)cc2)SC1=S. The van der Waals surface area contributed by atoms with Crippen molar-refractivity contribution in [2.75, 3.05) is 7.05 Å². The summed E-state index contributed by atoms with van der Waals surface area (Å²) in [6.45, 7) is 0.427. The zero-order valence-corrected chi connectivity index (χ0v) is 15.3. The number of para-hydroxylation sites is 1. The fourth-order valence-corrected chi connectivity index (χ4v) is 3.46. The molecule has 1 heterocycles. The monoisotopic (exact) mass is 375 g/mol. The van der Waals surface area contributed by atoms with Crippen molar-refractivity contribution in [2.45, 2.75) is 6.61 Å². The molecule has 0 aliphatic carbocycles. The Labute approximate surface area is 155 Å². The van der Waals surface area contributed by atoms with Gasteiger partial charge in [0.25, 0.3) is 5.91 Å². The number of thioether (sulfide) groups is 1. The highest BCUT2D eigenvalue weighted by Crippen LogP contribution is 2.33. The third-order valence-corrected chi connectivity index (χ3v) is 5.24. The van der Waals surface area contributed by atoms with Gasteiger partial charge in [0, 0.05) is 17.6 Å². The lowest BCUT2D eigenvalue weighted by Crippen LogP contribution is -2.22. The minimum absolute atomic E-state index is 0.0856. The summed E-state index contributed by atoms with van der Waals surface area (Å²) in [4.78, 5) is 14.2. The summed E-state index contributed by atoms with van der Waals surface area (Å²) in [7, 11) is 1.68. The molecule has 24 heavy (non-hydrogen) atoms. The highest BCUT2D eigenvalue weighted by molar-refractivity contribution is 8.26. The highest BCUT2D eigenvalue weighted by Gasteiger charge is 2.28. The smallest absolute Gasteiger partial charge is 0.265 e. The van der Waals surface area contributed by atoms with Gasteiger partial charge in [0.15, 0.2) is 0 Å². The van der Waals surface area contributed by atoms with Gasteiger partial charge in [0.2, 0.25) is 0 Å². The van der Waals surface area contributed by atoms with Gasteiger partial charge in [0.05, 0.1) is 4.91 Å². The number of ether oxygens (including phenoxy) is 1. The van der Waals surface area contributed by atoms with Crippen LogP contribution in [0.2, 0.25) is 5.02 Å². The van der Waals surface area contributed by atoms with E-state index in [-0.39, 0.29) is 5.91 Å². The van der Waals surface area contributed by atoms with Crippen LogP contribution < -0.4 is 4.74 Å². The van der Waals surface area contributed by atoms with E-state index in [1.807, 2.05) is 54.6 Å². The number of benzene rings is 2. The fraction of sp³-hybridized carbons (Fsp3) is 0.111. The molecule has 0 N–H and O–H groups in total. The fourth-order valence-electron chi connectivity index (χ4n) is 2.16. The minimum atomic E-state index is -0.0856. The van der Waals surface area contributed by atoms with Gasteiger partial charge in [-0.1, -0.05) is 65.9 Å². The molecule has 0 atom stereocenters. The number of hydrogen-bond acceptors (Lipinski definition) is 4. The Kier molecular flexibility index (Phi) is 5.23. The molecule has 3 rings (SSSR count). The number of carbonyl (C=O) groups excluding carboxylic acids is 1. The molecule has 3 nitrogen and oxygen atoms in total. The zero-order valence-electron chi connectivity index (χ0n) is 12.9. The lowest BCUT2D eigenvalue weighted by atomic mass is 10.2.